The van der Waals surface area contributed by atoms with Crippen molar-refractivity contribution < 1.29 is 13.2 Å². The van der Waals surface area contributed by atoms with E-state index in [0.717, 1.165) is 16.7 Å². The van der Waals surface area contributed by atoms with E-state index in [1.54, 1.807) is 18.3 Å². The monoisotopic (exact) mass is 373 g/mol. The van der Waals surface area contributed by atoms with E-state index >= 15 is 0 Å². The molecule has 128 valence electrons. The summed E-state index contributed by atoms with van der Waals surface area (Å²) >= 11 is 1.38. The van der Waals surface area contributed by atoms with Gasteiger partial charge in [-0.3, -0.25) is 9.79 Å². The molecule has 1 aliphatic rings. The molecule has 0 bridgehead atoms. The molecule has 0 spiro atoms. The molecule has 3 rings (SSSR count). The van der Waals surface area contributed by atoms with Gasteiger partial charge in [0, 0.05) is 23.8 Å². The molecule has 2 aromatic rings. The molecule has 0 atom stereocenters. The molecule has 6 nitrogen and oxygen atoms in total. The van der Waals surface area contributed by atoms with Crippen molar-refractivity contribution >= 4 is 38.3 Å². The van der Waals surface area contributed by atoms with Gasteiger partial charge in [-0.2, -0.15) is 5.26 Å². The first-order valence-corrected chi connectivity index (χ1v) is 10.2. The third-order valence-corrected chi connectivity index (χ3v) is 6.09. The maximum atomic E-state index is 12.3. The molecule has 0 saturated heterocycles. The molecule has 0 unspecified atom stereocenters. The minimum absolute atomic E-state index is 0.105. The van der Waals surface area contributed by atoms with Gasteiger partial charge < -0.3 is 5.32 Å². The van der Waals surface area contributed by atoms with Crippen LogP contribution in [0, 0.1) is 11.3 Å². The van der Waals surface area contributed by atoms with E-state index in [2.05, 4.69) is 16.4 Å². The number of nitrogens with one attached hydrogen (secondary N) is 1. The van der Waals surface area contributed by atoms with Crippen LogP contribution in [0.25, 0.3) is 0 Å². The Bertz CT molecular complexity index is 997. The standard InChI is InChI=1S/C17H15N3O3S2/c1-25(22,23)12-4-2-11(3-5-12)8-16(21)20-17-14(9-18)13-6-7-19-10-15(13)24-17/h2-5,7H,6,8,10H2,1H3,(H,20,21). The molecule has 0 radical (unpaired) electrons. The number of carbonyl (C=O) groups is 1. The molecule has 0 aliphatic carbocycles. The van der Waals surface area contributed by atoms with Gasteiger partial charge in [0.05, 0.1) is 23.4 Å². The van der Waals surface area contributed by atoms with Crippen LogP contribution in [0.4, 0.5) is 5.00 Å². The minimum Gasteiger partial charge on any atom is -0.316 e. The molecule has 0 fully saturated rings. The van der Waals surface area contributed by atoms with E-state index in [4.69, 9.17) is 0 Å². The summed E-state index contributed by atoms with van der Waals surface area (Å²) in [5, 5.41) is 12.7. The highest BCUT2D eigenvalue weighted by molar-refractivity contribution is 7.90. The Morgan fingerprint density at radius 1 is 1.36 bits per heavy atom. The van der Waals surface area contributed by atoms with Crippen molar-refractivity contribution in [2.75, 3.05) is 11.6 Å². The van der Waals surface area contributed by atoms with Crippen molar-refractivity contribution in [1.29, 1.82) is 5.26 Å². The van der Waals surface area contributed by atoms with Gasteiger partial charge in [-0.1, -0.05) is 12.1 Å². The van der Waals surface area contributed by atoms with Gasteiger partial charge in [-0.15, -0.1) is 11.3 Å². The number of hydrogen-bond donors (Lipinski definition) is 1. The first-order valence-electron chi connectivity index (χ1n) is 7.50. The van der Waals surface area contributed by atoms with Crippen LogP contribution in [0.3, 0.4) is 0 Å². The van der Waals surface area contributed by atoms with Crippen LogP contribution in [0.1, 0.15) is 21.6 Å². The number of benzene rings is 1. The van der Waals surface area contributed by atoms with E-state index in [0.29, 0.717) is 29.1 Å². The first kappa shape index (κ1) is 17.3. The normalized spacial score (nSPS) is 13.1. The molecule has 1 aromatic heterocycles. The number of aliphatic imine (C=N–C) groups is 1. The number of anilines is 1. The smallest absolute Gasteiger partial charge is 0.229 e. The van der Waals surface area contributed by atoms with Gasteiger partial charge in [-0.25, -0.2) is 8.42 Å². The maximum absolute atomic E-state index is 12.3. The lowest BCUT2D eigenvalue weighted by atomic mass is 10.1. The zero-order valence-electron chi connectivity index (χ0n) is 13.4. The van der Waals surface area contributed by atoms with Crippen molar-refractivity contribution in [2.24, 2.45) is 4.99 Å². The topological polar surface area (TPSA) is 99.4 Å². The molecule has 1 aliphatic heterocycles. The highest BCUT2D eigenvalue weighted by Gasteiger charge is 2.20. The van der Waals surface area contributed by atoms with Crippen LogP contribution in [0.15, 0.2) is 34.2 Å². The average Bonchev–Trinajstić information content (AvgIpc) is 2.91. The third-order valence-electron chi connectivity index (χ3n) is 3.83. The van der Waals surface area contributed by atoms with Crippen LogP contribution in [0.2, 0.25) is 0 Å². The predicted octanol–water partition coefficient (Wildman–Crippen LogP) is 2.33. The fourth-order valence-electron chi connectivity index (χ4n) is 2.58. The number of rotatable bonds is 4. The number of carbonyl (C=O) groups excluding carboxylic acids is 1. The summed E-state index contributed by atoms with van der Waals surface area (Å²) in [6.07, 6.45) is 3.64. The molecule has 1 amide bonds. The van der Waals surface area contributed by atoms with Crippen molar-refractivity contribution in [3.05, 3.63) is 45.8 Å². The van der Waals surface area contributed by atoms with Gasteiger partial charge in [0.25, 0.3) is 0 Å². The number of nitrogens with zero attached hydrogens (tertiary/aromatic N) is 2. The second-order valence-corrected chi connectivity index (χ2v) is 8.81. The number of nitriles is 1. The molecule has 2 heterocycles. The van der Waals surface area contributed by atoms with Crippen LogP contribution in [-0.4, -0.2) is 26.8 Å². The van der Waals surface area contributed by atoms with Crippen LogP contribution in [-0.2, 0) is 34.0 Å². The number of hydrogen-bond acceptors (Lipinski definition) is 6. The lowest BCUT2D eigenvalue weighted by molar-refractivity contribution is -0.115. The lowest BCUT2D eigenvalue weighted by Crippen LogP contribution is -2.14. The summed E-state index contributed by atoms with van der Waals surface area (Å²) in [4.78, 5) is 17.7. The molecule has 25 heavy (non-hydrogen) atoms. The Morgan fingerprint density at radius 2 is 2.08 bits per heavy atom. The third kappa shape index (κ3) is 3.78. The molecule has 1 aromatic carbocycles. The number of fused-ring (bicyclic) bond motifs is 1. The van der Waals surface area contributed by atoms with Crippen molar-refractivity contribution in [3.8, 4) is 6.07 Å². The van der Waals surface area contributed by atoms with Crippen LogP contribution < -0.4 is 5.32 Å². The zero-order valence-corrected chi connectivity index (χ0v) is 15.1. The summed E-state index contributed by atoms with van der Waals surface area (Å²) in [7, 11) is -3.25. The zero-order chi connectivity index (χ0) is 18.0. The van der Waals surface area contributed by atoms with E-state index in [9.17, 15) is 18.5 Å². The Kier molecular flexibility index (Phi) is 4.70. The van der Waals surface area contributed by atoms with E-state index in [-0.39, 0.29) is 17.2 Å². The summed E-state index contributed by atoms with van der Waals surface area (Å²) in [6.45, 7) is 0.539. The van der Waals surface area contributed by atoms with Crippen molar-refractivity contribution in [3.63, 3.8) is 0 Å². The average molecular weight is 373 g/mol. The van der Waals surface area contributed by atoms with Gasteiger partial charge in [0.15, 0.2) is 9.84 Å². The molecule has 0 saturated carbocycles. The summed E-state index contributed by atoms with van der Waals surface area (Å²) in [6, 6.07) is 8.38. The highest BCUT2D eigenvalue weighted by atomic mass is 32.2. The fourth-order valence-corrected chi connectivity index (χ4v) is 4.34. The lowest BCUT2D eigenvalue weighted by Gasteiger charge is -2.05. The van der Waals surface area contributed by atoms with Gasteiger partial charge in [-0.05, 0) is 23.3 Å². The second-order valence-electron chi connectivity index (χ2n) is 5.69. The summed E-state index contributed by atoms with van der Waals surface area (Å²) in [5.74, 6) is -0.247. The van der Waals surface area contributed by atoms with E-state index in [1.165, 1.54) is 23.5 Å². The Hall–Kier alpha value is -2.50. The Labute approximate surface area is 149 Å². The SMILES string of the molecule is CS(=O)(=O)c1ccc(CC(=O)Nc2sc3c(c2C#N)CC=NC3)cc1. The van der Waals surface area contributed by atoms with Crippen LogP contribution >= 0.6 is 11.3 Å². The molecule has 8 heteroatoms. The largest absolute Gasteiger partial charge is 0.316 e. The maximum Gasteiger partial charge on any atom is 0.229 e. The van der Waals surface area contributed by atoms with Crippen LogP contribution in [0.5, 0.6) is 0 Å². The fraction of sp³-hybridized carbons (Fsp3) is 0.235. The van der Waals surface area contributed by atoms with E-state index < -0.39 is 9.84 Å². The van der Waals surface area contributed by atoms with Crippen molar-refractivity contribution in [1.82, 2.24) is 0 Å². The molecular formula is C17H15N3O3S2. The Balaban J connectivity index is 1.73. The van der Waals surface area contributed by atoms with E-state index in [1.807, 2.05) is 0 Å². The summed E-state index contributed by atoms with van der Waals surface area (Å²) in [5.41, 5.74) is 2.15. The quantitative estimate of drug-likeness (QED) is 0.889. The number of amides is 1. The van der Waals surface area contributed by atoms with Gasteiger partial charge >= 0.3 is 0 Å². The number of thiophene rings is 1. The minimum atomic E-state index is -3.25. The second kappa shape index (κ2) is 6.78. The highest BCUT2D eigenvalue weighted by Crippen LogP contribution is 2.35. The number of sulfone groups is 1. The van der Waals surface area contributed by atoms with Crippen molar-refractivity contribution in [2.45, 2.75) is 24.3 Å². The Morgan fingerprint density at radius 3 is 2.72 bits per heavy atom. The molecular weight excluding hydrogens is 358 g/mol. The summed E-state index contributed by atoms with van der Waals surface area (Å²) < 4.78 is 22.9. The van der Waals surface area contributed by atoms with Gasteiger partial charge in [0.1, 0.15) is 11.1 Å². The first-order chi connectivity index (χ1) is 11.9. The predicted molar refractivity (Wildman–Crippen MR) is 96.8 cm³/mol. The molecule has 1 N–H and O–H groups in total. The van der Waals surface area contributed by atoms with Gasteiger partial charge in [0.2, 0.25) is 5.91 Å².